The van der Waals surface area contributed by atoms with Crippen LogP contribution in [0.2, 0.25) is 0 Å². The molecule has 0 atom stereocenters. The average molecular weight is 367 g/mol. The highest BCUT2D eigenvalue weighted by atomic mass is 16.5. The van der Waals surface area contributed by atoms with Crippen molar-refractivity contribution in [1.82, 2.24) is 4.90 Å². The van der Waals surface area contributed by atoms with Gasteiger partial charge in [-0.25, -0.2) is 0 Å². The number of hydrogen-bond donors (Lipinski definition) is 3. The number of ether oxygens (including phenoxy) is 1. The maximum Gasteiger partial charge on any atom is 0.267 e. The van der Waals surface area contributed by atoms with E-state index < -0.39 is 5.91 Å². The van der Waals surface area contributed by atoms with E-state index in [2.05, 4.69) is 5.32 Å². The van der Waals surface area contributed by atoms with Crippen molar-refractivity contribution in [2.45, 2.75) is 0 Å². The molecule has 0 spiro atoms. The number of carbonyl (C=O) groups excluding carboxylic acids is 1. The minimum atomic E-state index is -0.574. The maximum atomic E-state index is 12.3. The zero-order chi connectivity index (χ0) is 19.5. The minimum absolute atomic E-state index is 0.124. The lowest BCUT2D eigenvalue weighted by Crippen LogP contribution is -2.26. The van der Waals surface area contributed by atoms with Crippen LogP contribution in [-0.2, 0) is 4.79 Å². The van der Waals surface area contributed by atoms with Gasteiger partial charge in [0.25, 0.3) is 5.91 Å². The number of amides is 1. The second-order valence-corrected chi connectivity index (χ2v) is 5.53. The van der Waals surface area contributed by atoms with Gasteiger partial charge in [0, 0.05) is 25.0 Å². The first-order chi connectivity index (χ1) is 13.2. The number of nitrogens with zero attached hydrogens (tertiary/aromatic N) is 2. The third-order valence-electron chi connectivity index (χ3n) is 3.54. The lowest BCUT2D eigenvalue weighted by Gasteiger charge is -2.18. The zero-order valence-electron chi connectivity index (χ0n) is 14.7. The number of para-hydroxylation sites is 1. The van der Waals surface area contributed by atoms with Crippen LogP contribution in [0.1, 0.15) is 0 Å². The molecule has 0 unspecified atom stereocenters. The molecule has 0 aliphatic carbocycles. The smallest absolute Gasteiger partial charge is 0.267 e. The summed E-state index contributed by atoms with van der Waals surface area (Å²) in [6.07, 6.45) is 1.33. The normalized spacial score (nSPS) is 10.8. The van der Waals surface area contributed by atoms with Crippen molar-refractivity contribution in [3.05, 3.63) is 66.4 Å². The first kappa shape index (κ1) is 20.0. The largest absolute Gasteiger partial charge is 0.457 e. The molecular weight excluding hydrogens is 346 g/mol. The number of benzene rings is 2. The zero-order valence-corrected chi connectivity index (χ0v) is 14.7. The third kappa shape index (κ3) is 6.47. The highest BCUT2D eigenvalue weighted by molar-refractivity contribution is 6.06. The van der Waals surface area contributed by atoms with E-state index in [0.717, 1.165) is 0 Å². The monoisotopic (exact) mass is 367 g/mol. The molecule has 7 nitrogen and oxygen atoms in total. The Morgan fingerprint density at radius 2 is 1.63 bits per heavy atom. The summed E-state index contributed by atoms with van der Waals surface area (Å²) in [5, 5.41) is 29.9. The van der Waals surface area contributed by atoms with E-state index in [1.807, 2.05) is 36.4 Å². The fourth-order valence-corrected chi connectivity index (χ4v) is 2.25. The molecule has 0 aliphatic rings. The highest BCUT2D eigenvalue weighted by Crippen LogP contribution is 2.22. The summed E-state index contributed by atoms with van der Waals surface area (Å²) in [4.78, 5) is 13.8. The van der Waals surface area contributed by atoms with Gasteiger partial charge in [0.05, 0.1) is 13.2 Å². The first-order valence-electron chi connectivity index (χ1n) is 8.38. The number of aliphatic hydroxyl groups is 2. The molecule has 0 aliphatic heterocycles. The van der Waals surface area contributed by atoms with Crippen molar-refractivity contribution in [2.24, 2.45) is 0 Å². The lowest BCUT2D eigenvalue weighted by atomic mass is 10.2. The van der Waals surface area contributed by atoms with Crippen LogP contribution in [0.4, 0.5) is 5.69 Å². The topological polar surface area (TPSA) is 106 Å². The molecule has 3 N–H and O–H groups in total. The van der Waals surface area contributed by atoms with Crippen LogP contribution in [0, 0.1) is 11.3 Å². The van der Waals surface area contributed by atoms with Crippen LogP contribution >= 0.6 is 0 Å². The summed E-state index contributed by atoms with van der Waals surface area (Å²) in [7, 11) is 0. The highest BCUT2D eigenvalue weighted by Gasteiger charge is 2.12. The van der Waals surface area contributed by atoms with Crippen molar-refractivity contribution >= 4 is 11.6 Å². The summed E-state index contributed by atoms with van der Waals surface area (Å²) in [5.74, 6) is 0.749. The van der Waals surface area contributed by atoms with Gasteiger partial charge in [-0.3, -0.25) is 4.79 Å². The van der Waals surface area contributed by atoms with E-state index in [1.54, 1.807) is 24.3 Å². The molecule has 0 heterocycles. The summed E-state index contributed by atoms with van der Waals surface area (Å²) in [5.41, 5.74) is 0.388. The van der Waals surface area contributed by atoms with E-state index in [-0.39, 0.29) is 31.9 Å². The van der Waals surface area contributed by atoms with E-state index in [0.29, 0.717) is 17.2 Å². The Hall–Kier alpha value is -3.34. The van der Waals surface area contributed by atoms with Gasteiger partial charge < -0.3 is 25.2 Å². The Morgan fingerprint density at radius 3 is 2.19 bits per heavy atom. The number of anilines is 1. The van der Waals surface area contributed by atoms with Gasteiger partial charge in [-0.2, -0.15) is 5.26 Å². The molecule has 27 heavy (non-hydrogen) atoms. The van der Waals surface area contributed by atoms with Gasteiger partial charge >= 0.3 is 0 Å². The maximum absolute atomic E-state index is 12.3. The standard InChI is InChI=1S/C20H21N3O4/c21-14-16(15-23(10-12-24)11-13-25)20(26)22-17-6-8-19(9-7-17)27-18-4-2-1-3-5-18/h1-9,15,24-25H,10-13H2,(H,22,26)/b16-15-. The number of rotatable bonds is 9. The van der Waals surface area contributed by atoms with Crippen LogP contribution in [0.3, 0.4) is 0 Å². The molecule has 0 saturated carbocycles. The molecule has 2 rings (SSSR count). The second-order valence-electron chi connectivity index (χ2n) is 5.53. The van der Waals surface area contributed by atoms with Crippen LogP contribution < -0.4 is 10.1 Å². The van der Waals surface area contributed by atoms with E-state index in [9.17, 15) is 10.1 Å². The van der Waals surface area contributed by atoms with Gasteiger partial charge in [-0.05, 0) is 36.4 Å². The molecular formula is C20H21N3O4. The second kappa shape index (κ2) is 10.6. The fraction of sp³-hybridized carbons (Fsp3) is 0.200. The molecule has 2 aromatic rings. The number of carbonyl (C=O) groups is 1. The summed E-state index contributed by atoms with van der Waals surface area (Å²) in [6.45, 7) is 0.120. The molecule has 140 valence electrons. The van der Waals surface area contributed by atoms with E-state index >= 15 is 0 Å². The SMILES string of the molecule is N#C/C(=C/N(CCO)CCO)C(=O)Nc1ccc(Oc2ccccc2)cc1. The average Bonchev–Trinajstić information content (AvgIpc) is 2.68. The van der Waals surface area contributed by atoms with Crippen LogP contribution in [0.5, 0.6) is 11.5 Å². The number of aliphatic hydroxyl groups excluding tert-OH is 2. The summed E-state index contributed by atoms with van der Waals surface area (Å²) >= 11 is 0. The van der Waals surface area contributed by atoms with Crippen LogP contribution in [0.15, 0.2) is 66.4 Å². The molecule has 1 amide bonds. The quantitative estimate of drug-likeness (QED) is 0.463. The van der Waals surface area contributed by atoms with Gasteiger partial charge in [0.1, 0.15) is 23.1 Å². The van der Waals surface area contributed by atoms with Gasteiger partial charge in [-0.15, -0.1) is 0 Å². The van der Waals surface area contributed by atoms with Crippen molar-refractivity contribution in [3.63, 3.8) is 0 Å². The van der Waals surface area contributed by atoms with Crippen molar-refractivity contribution < 1.29 is 19.7 Å². The Bertz CT molecular complexity index is 792. The number of nitrogens with one attached hydrogen (secondary N) is 1. The van der Waals surface area contributed by atoms with E-state index in [1.165, 1.54) is 11.1 Å². The van der Waals surface area contributed by atoms with E-state index in [4.69, 9.17) is 14.9 Å². The van der Waals surface area contributed by atoms with Crippen molar-refractivity contribution in [1.29, 1.82) is 5.26 Å². The van der Waals surface area contributed by atoms with Gasteiger partial charge in [0.2, 0.25) is 0 Å². The molecule has 7 heteroatoms. The van der Waals surface area contributed by atoms with Gasteiger partial charge in [-0.1, -0.05) is 18.2 Å². The van der Waals surface area contributed by atoms with Gasteiger partial charge in [0.15, 0.2) is 0 Å². The molecule has 2 aromatic carbocycles. The Labute approximate surface area is 157 Å². The minimum Gasteiger partial charge on any atom is -0.457 e. The molecule has 0 fully saturated rings. The first-order valence-corrected chi connectivity index (χ1v) is 8.38. The molecule has 0 saturated heterocycles. The van der Waals surface area contributed by atoms with Crippen LogP contribution in [-0.4, -0.2) is 47.3 Å². The molecule has 0 aromatic heterocycles. The predicted octanol–water partition coefficient (Wildman–Crippen LogP) is 2.11. The van der Waals surface area contributed by atoms with Crippen molar-refractivity contribution in [3.8, 4) is 17.6 Å². The third-order valence-corrected chi connectivity index (χ3v) is 3.54. The Morgan fingerprint density at radius 1 is 1.04 bits per heavy atom. The Balaban J connectivity index is 2.02. The fourth-order valence-electron chi connectivity index (χ4n) is 2.25. The predicted molar refractivity (Wildman–Crippen MR) is 101 cm³/mol. The van der Waals surface area contributed by atoms with Crippen LogP contribution in [0.25, 0.3) is 0 Å². The lowest BCUT2D eigenvalue weighted by molar-refractivity contribution is -0.112. The summed E-state index contributed by atoms with van der Waals surface area (Å²) in [6, 6.07) is 17.9. The molecule has 0 bridgehead atoms. The number of hydrogen-bond acceptors (Lipinski definition) is 6. The molecule has 0 radical (unpaired) electrons. The Kier molecular flexibility index (Phi) is 7.85. The number of nitriles is 1. The summed E-state index contributed by atoms with van der Waals surface area (Å²) < 4.78 is 5.68. The van der Waals surface area contributed by atoms with Crippen molar-refractivity contribution in [2.75, 3.05) is 31.6 Å².